The van der Waals surface area contributed by atoms with Crippen LogP contribution in [0.15, 0.2) is 22.7 Å². The lowest BCUT2D eigenvalue weighted by atomic mass is 10.1. The smallest absolute Gasteiger partial charge is 0.265 e. The van der Waals surface area contributed by atoms with Crippen LogP contribution in [0, 0.1) is 5.92 Å². The van der Waals surface area contributed by atoms with Gasteiger partial charge in [-0.2, -0.15) is 0 Å². The summed E-state index contributed by atoms with van der Waals surface area (Å²) >= 11 is 3.43. The molecule has 1 aromatic rings. The second-order valence-corrected chi connectivity index (χ2v) is 5.48. The lowest BCUT2D eigenvalue weighted by Crippen LogP contribution is -2.42. The van der Waals surface area contributed by atoms with Crippen molar-refractivity contribution < 1.29 is 9.53 Å². The lowest BCUT2D eigenvalue weighted by Gasteiger charge is -2.31. The van der Waals surface area contributed by atoms with Crippen molar-refractivity contribution in [2.24, 2.45) is 5.92 Å². The average Bonchev–Trinajstić information content (AvgIpc) is 2.33. The number of nitrogens with one attached hydrogen (secondary N) is 1. The molecule has 0 bridgehead atoms. The number of anilines is 1. The molecule has 0 saturated heterocycles. The number of fused-ring (bicyclic) bond motifs is 1. The van der Waals surface area contributed by atoms with Gasteiger partial charge in [-0.3, -0.25) is 4.79 Å². The van der Waals surface area contributed by atoms with Gasteiger partial charge in [-0.05, 0) is 37.7 Å². The molecule has 1 heterocycles. The normalized spacial score (nSPS) is 16.2. The third-order valence-electron chi connectivity index (χ3n) is 2.91. The second kappa shape index (κ2) is 5.71. The summed E-state index contributed by atoms with van der Waals surface area (Å²) in [6.07, 6.45) is 0. The number of ether oxygens (including phenoxy) is 1. The van der Waals surface area contributed by atoms with Crippen LogP contribution < -0.4 is 15.0 Å². The summed E-state index contributed by atoms with van der Waals surface area (Å²) in [5, 5.41) is 3.13. The maximum atomic E-state index is 12.0. The Morgan fingerprint density at radius 1 is 1.56 bits per heavy atom. The largest absolute Gasteiger partial charge is 0.482 e. The standard InChI is InChI=1S/C13H17BrN2O2/c1-9(6-15-2)7-16-11-5-10(14)3-4-12(11)18-8-13(16)17/h3-5,9,15H,6-8H2,1-2H3. The van der Waals surface area contributed by atoms with Gasteiger partial charge in [-0.1, -0.05) is 22.9 Å². The third kappa shape index (κ3) is 2.84. The van der Waals surface area contributed by atoms with Crippen molar-refractivity contribution in [2.75, 3.05) is 31.6 Å². The minimum Gasteiger partial charge on any atom is -0.482 e. The van der Waals surface area contributed by atoms with Crippen LogP contribution in [0.3, 0.4) is 0 Å². The zero-order valence-corrected chi connectivity index (χ0v) is 12.2. The maximum Gasteiger partial charge on any atom is 0.265 e. The molecule has 0 aliphatic carbocycles. The summed E-state index contributed by atoms with van der Waals surface area (Å²) in [5.74, 6) is 1.18. The van der Waals surface area contributed by atoms with Crippen LogP contribution in [-0.2, 0) is 4.79 Å². The van der Waals surface area contributed by atoms with E-state index in [4.69, 9.17) is 4.74 Å². The van der Waals surface area contributed by atoms with E-state index in [9.17, 15) is 4.79 Å². The third-order valence-corrected chi connectivity index (χ3v) is 3.40. The minimum absolute atomic E-state index is 0.0172. The highest BCUT2D eigenvalue weighted by molar-refractivity contribution is 9.10. The van der Waals surface area contributed by atoms with E-state index in [-0.39, 0.29) is 12.5 Å². The Bertz CT molecular complexity index is 451. The molecule has 0 aromatic heterocycles. The van der Waals surface area contributed by atoms with Crippen molar-refractivity contribution in [3.05, 3.63) is 22.7 Å². The Balaban J connectivity index is 2.24. The molecule has 1 amide bonds. The fourth-order valence-electron chi connectivity index (χ4n) is 2.10. The first-order chi connectivity index (χ1) is 8.61. The number of carbonyl (C=O) groups excluding carboxylic acids is 1. The van der Waals surface area contributed by atoms with Crippen LogP contribution in [0.25, 0.3) is 0 Å². The summed E-state index contributed by atoms with van der Waals surface area (Å²) in [7, 11) is 1.92. The highest BCUT2D eigenvalue weighted by Gasteiger charge is 2.26. The molecule has 1 aliphatic heterocycles. The monoisotopic (exact) mass is 312 g/mol. The van der Waals surface area contributed by atoms with Crippen LogP contribution in [0.1, 0.15) is 6.92 Å². The number of rotatable bonds is 4. The maximum absolute atomic E-state index is 12.0. The van der Waals surface area contributed by atoms with E-state index in [0.717, 1.165) is 22.5 Å². The number of amides is 1. The predicted molar refractivity (Wildman–Crippen MR) is 75.1 cm³/mol. The molecule has 1 aliphatic rings. The Labute approximate surface area is 115 Å². The number of nitrogens with zero attached hydrogens (tertiary/aromatic N) is 1. The summed E-state index contributed by atoms with van der Waals surface area (Å²) in [5.41, 5.74) is 0.851. The number of carbonyl (C=O) groups is 1. The van der Waals surface area contributed by atoms with Gasteiger partial charge in [0.05, 0.1) is 5.69 Å². The van der Waals surface area contributed by atoms with E-state index in [1.807, 2.05) is 30.1 Å². The zero-order valence-electron chi connectivity index (χ0n) is 10.6. The Hall–Kier alpha value is -1.07. The topological polar surface area (TPSA) is 41.6 Å². The zero-order chi connectivity index (χ0) is 13.1. The molecule has 1 unspecified atom stereocenters. The van der Waals surface area contributed by atoms with E-state index < -0.39 is 0 Å². The molecule has 1 atom stereocenters. The molecule has 0 saturated carbocycles. The van der Waals surface area contributed by atoms with Crippen molar-refractivity contribution in [1.29, 1.82) is 0 Å². The summed E-state index contributed by atoms with van der Waals surface area (Å²) in [4.78, 5) is 13.8. The Kier molecular flexibility index (Phi) is 4.24. The molecule has 0 spiro atoms. The molecular weight excluding hydrogens is 296 g/mol. The summed E-state index contributed by atoms with van der Waals surface area (Å²) in [6.45, 7) is 3.83. The van der Waals surface area contributed by atoms with Gasteiger partial charge in [-0.15, -0.1) is 0 Å². The van der Waals surface area contributed by atoms with Gasteiger partial charge in [0.1, 0.15) is 5.75 Å². The van der Waals surface area contributed by atoms with Gasteiger partial charge >= 0.3 is 0 Å². The SMILES string of the molecule is CNCC(C)CN1C(=O)COc2ccc(Br)cc21. The van der Waals surface area contributed by atoms with Crippen molar-refractivity contribution in [1.82, 2.24) is 5.32 Å². The molecule has 98 valence electrons. The van der Waals surface area contributed by atoms with Crippen LogP contribution in [-0.4, -0.2) is 32.7 Å². The first-order valence-electron chi connectivity index (χ1n) is 5.99. The number of benzene rings is 1. The molecular formula is C13H17BrN2O2. The van der Waals surface area contributed by atoms with Crippen LogP contribution in [0.5, 0.6) is 5.75 Å². The summed E-state index contributed by atoms with van der Waals surface area (Å²) < 4.78 is 6.38. The first-order valence-corrected chi connectivity index (χ1v) is 6.78. The van der Waals surface area contributed by atoms with E-state index in [2.05, 4.69) is 28.2 Å². The van der Waals surface area contributed by atoms with E-state index in [1.54, 1.807) is 0 Å². The molecule has 4 nitrogen and oxygen atoms in total. The Morgan fingerprint density at radius 3 is 3.06 bits per heavy atom. The molecule has 1 aromatic carbocycles. The molecule has 18 heavy (non-hydrogen) atoms. The predicted octanol–water partition coefficient (Wildman–Crippen LogP) is 2.03. The average molecular weight is 313 g/mol. The molecule has 5 heteroatoms. The van der Waals surface area contributed by atoms with Crippen LogP contribution >= 0.6 is 15.9 Å². The van der Waals surface area contributed by atoms with Crippen molar-refractivity contribution in [3.63, 3.8) is 0 Å². The van der Waals surface area contributed by atoms with Gasteiger partial charge in [0.25, 0.3) is 5.91 Å². The molecule has 0 radical (unpaired) electrons. The first kappa shape index (κ1) is 13.4. The van der Waals surface area contributed by atoms with Gasteiger partial charge in [0, 0.05) is 11.0 Å². The second-order valence-electron chi connectivity index (χ2n) is 4.57. The molecule has 2 rings (SSSR count). The van der Waals surface area contributed by atoms with Gasteiger partial charge < -0.3 is 15.0 Å². The number of hydrogen-bond donors (Lipinski definition) is 1. The van der Waals surface area contributed by atoms with Crippen molar-refractivity contribution in [3.8, 4) is 5.75 Å². The van der Waals surface area contributed by atoms with Gasteiger partial charge in [0.2, 0.25) is 0 Å². The highest BCUT2D eigenvalue weighted by atomic mass is 79.9. The van der Waals surface area contributed by atoms with Gasteiger partial charge in [0.15, 0.2) is 6.61 Å². The Morgan fingerprint density at radius 2 is 2.33 bits per heavy atom. The van der Waals surface area contributed by atoms with Crippen LogP contribution in [0.2, 0.25) is 0 Å². The van der Waals surface area contributed by atoms with E-state index in [1.165, 1.54) is 0 Å². The lowest BCUT2D eigenvalue weighted by molar-refractivity contribution is -0.121. The minimum atomic E-state index is 0.0172. The highest BCUT2D eigenvalue weighted by Crippen LogP contribution is 2.34. The number of hydrogen-bond acceptors (Lipinski definition) is 3. The summed E-state index contributed by atoms with van der Waals surface area (Å²) in [6, 6.07) is 5.74. The van der Waals surface area contributed by atoms with E-state index in [0.29, 0.717) is 12.5 Å². The molecule has 0 fully saturated rings. The fraction of sp³-hybridized carbons (Fsp3) is 0.462. The van der Waals surface area contributed by atoms with Gasteiger partial charge in [-0.25, -0.2) is 0 Å². The van der Waals surface area contributed by atoms with Crippen LogP contribution in [0.4, 0.5) is 5.69 Å². The van der Waals surface area contributed by atoms with E-state index >= 15 is 0 Å². The fourth-order valence-corrected chi connectivity index (χ4v) is 2.45. The quantitative estimate of drug-likeness (QED) is 0.925. The number of halogens is 1. The van der Waals surface area contributed by atoms with Crippen molar-refractivity contribution in [2.45, 2.75) is 6.92 Å². The molecule has 1 N–H and O–H groups in total. The van der Waals surface area contributed by atoms with Crippen molar-refractivity contribution >= 4 is 27.5 Å².